The molecule has 0 aromatic heterocycles. The van der Waals surface area contributed by atoms with Crippen molar-refractivity contribution in [3.8, 4) is 23.0 Å². The van der Waals surface area contributed by atoms with E-state index >= 15 is 0 Å². The molecule has 0 aliphatic heterocycles. The van der Waals surface area contributed by atoms with Gasteiger partial charge in [0.15, 0.2) is 11.5 Å². The number of phenols is 1. The van der Waals surface area contributed by atoms with Crippen LogP contribution in [0.2, 0.25) is 0 Å². The first kappa shape index (κ1) is 75.6. The fourth-order valence-corrected chi connectivity index (χ4v) is 7.11. The molecule has 7 N–H and O–H groups in total. The Bertz CT molecular complexity index is 2140. The number of carboxylic acid groups (broad SMARTS) is 4. The summed E-state index contributed by atoms with van der Waals surface area (Å²) in [6.07, 6.45) is 0.362. The van der Waals surface area contributed by atoms with E-state index in [9.17, 15) is 54.3 Å². The molecule has 0 heterocycles. The monoisotopic (exact) mass is 1230 g/mol. The van der Waals surface area contributed by atoms with Gasteiger partial charge in [0, 0.05) is 39.2 Å². The molecule has 1 atom stereocenters. The predicted molar refractivity (Wildman–Crippen MR) is 293 cm³/mol. The summed E-state index contributed by atoms with van der Waals surface area (Å²) >= 11 is 0. The molecule has 2 aromatic rings. The van der Waals surface area contributed by atoms with Gasteiger partial charge in [0.2, 0.25) is 5.75 Å². The fraction of sp³-hybridized carbons (Fsp3) is 0.673. The van der Waals surface area contributed by atoms with E-state index in [2.05, 4.69) is 0 Å². The van der Waals surface area contributed by atoms with Gasteiger partial charge in [-0.1, -0.05) is 12.1 Å². The quantitative estimate of drug-likeness (QED) is 0.0315. The summed E-state index contributed by atoms with van der Waals surface area (Å²) in [4.78, 5) is 75.9. The number of hydrogen-bond donors (Lipinski definition) is 6. The molecule has 2 aromatic carbocycles. The Morgan fingerprint density at radius 1 is 0.506 bits per heavy atom. The molecule has 0 amide bonds. The number of hydrogen-bond acceptors (Lipinski definition) is 23. The third kappa shape index (κ3) is 38.2. The molecule has 0 saturated heterocycles. The minimum absolute atomic E-state index is 0. The van der Waals surface area contributed by atoms with Crippen LogP contribution in [0.3, 0.4) is 0 Å². The number of aryl methyl sites for hydroxylation is 1. The number of esters is 2. The van der Waals surface area contributed by atoms with E-state index in [0.717, 1.165) is 4.90 Å². The van der Waals surface area contributed by atoms with E-state index in [1.165, 1.54) is 15.9 Å². The van der Waals surface area contributed by atoms with Gasteiger partial charge in [-0.25, -0.2) is 4.79 Å². The van der Waals surface area contributed by atoms with Crippen LogP contribution in [-0.4, -0.2) is 252 Å². The van der Waals surface area contributed by atoms with Crippen molar-refractivity contribution in [3.05, 3.63) is 47.0 Å². The van der Waals surface area contributed by atoms with Crippen molar-refractivity contribution in [1.82, 2.24) is 14.7 Å². The van der Waals surface area contributed by atoms with E-state index in [1.54, 1.807) is 31.2 Å². The second kappa shape index (κ2) is 42.4. The summed E-state index contributed by atoms with van der Waals surface area (Å²) in [5.74, 6) is -5.93. The average molecular weight is 1230 g/mol. The van der Waals surface area contributed by atoms with Gasteiger partial charge in [-0.3, -0.25) is 38.7 Å². The summed E-state index contributed by atoms with van der Waals surface area (Å²) in [7, 11) is 0. The number of nitrogens with two attached hydrogens (primary N) is 1. The number of aliphatic carboxylic acids is 4. The molecular weight excluding hydrogens is 1140 g/mol. The molecule has 0 radical (unpaired) electrons. The van der Waals surface area contributed by atoms with Crippen LogP contribution < -0.4 is 19.9 Å². The standard InChI is InChI=1S/C55H88N4O23.Mn/c1-40-31-42(9-10-43(40)60)51(56)53(70)79-28-23-71-15-8-16-78-52-44(76-26-21-72-17-19-74-24-29-81-54(2,3)4)32-41(33-45(52)77-27-22-73-18-20-75-25-30-82-55(5,6)7)39-80-50(69)38-59(37-49(67)68)14-12-57(34-46(61)62)11-13-58(35-47(63)64)36-48(65)66;/h9-10,31-33,51,60H,8,11-30,34-39,56H2,1-7H3,(H,61,62)(H,63,64)(H,65,66)(H,67,68);/q;+3. The van der Waals surface area contributed by atoms with Crippen molar-refractivity contribution in [2.75, 3.05) is 165 Å². The van der Waals surface area contributed by atoms with Crippen LogP contribution in [0, 0.1) is 6.92 Å². The Kier molecular flexibility index (Phi) is 38.6. The van der Waals surface area contributed by atoms with Gasteiger partial charge in [-0.05, 0) is 83.4 Å². The zero-order valence-corrected chi connectivity index (χ0v) is 50.1. The Hall–Kier alpha value is -5.46. The van der Waals surface area contributed by atoms with Gasteiger partial charge < -0.3 is 88.1 Å². The van der Waals surface area contributed by atoms with Crippen LogP contribution in [-0.2, 0) is 95.1 Å². The zero-order chi connectivity index (χ0) is 60.9. The number of ether oxygens (including phenoxy) is 12. The van der Waals surface area contributed by atoms with Crippen LogP contribution in [0.5, 0.6) is 23.0 Å². The van der Waals surface area contributed by atoms with Crippen LogP contribution in [0.15, 0.2) is 30.3 Å². The van der Waals surface area contributed by atoms with Gasteiger partial charge in [-0.15, -0.1) is 0 Å². The van der Waals surface area contributed by atoms with Crippen molar-refractivity contribution in [2.24, 2.45) is 5.73 Å². The van der Waals surface area contributed by atoms with Crippen molar-refractivity contribution in [3.63, 3.8) is 0 Å². The third-order valence-electron chi connectivity index (χ3n) is 11.0. The number of rotatable bonds is 48. The minimum atomic E-state index is -1.29. The number of aromatic hydroxyl groups is 1. The van der Waals surface area contributed by atoms with Crippen LogP contribution in [0.25, 0.3) is 0 Å². The van der Waals surface area contributed by atoms with Crippen molar-refractivity contribution >= 4 is 35.8 Å². The molecule has 0 bridgehead atoms. The van der Waals surface area contributed by atoms with E-state index in [0.29, 0.717) is 62.8 Å². The van der Waals surface area contributed by atoms with Gasteiger partial charge in [-0.2, -0.15) is 0 Å². The van der Waals surface area contributed by atoms with Crippen LogP contribution >= 0.6 is 0 Å². The molecule has 83 heavy (non-hydrogen) atoms. The van der Waals surface area contributed by atoms with E-state index in [-0.39, 0.29) is 150 Å². The van der Waals surface area contributed by atoms with Crippen molar-refractivity contribution in [2.45, 2.75) is 78.7 Å². The van der Waals surface area contributed by atoms with Gasteiger partial charge >= 0.3 is 52.9 Å². The predicted octanol–water partition coefficient (Wildman–Crippen LogP) is 2.47. The van der Waals surface area contributed by atoms with E-state index in [1.807, 2.05) is 41.5 Å². The van der Waals surface area contributed by atoms with Crippen molar-refractivity contribution < 1.29 is 128 Å². The van der Waals surface area contributed by atoms with E-state index in [4.69, 9.17) is 62.6 Å². The van der Waals surface area contributed by atoms with Gasteiger partial charge in [0.1, 0.15) is 38.2 Å². The largest absolute Gasteiger partial charge is 3.00 e. The molecule has 0 aliphatic rings. The number of carbonyl (C=O) groups is 6. The van der Waals surface area contributed by atoms with Crippen LogP contribution in [0.1, 0.15) is 70.7 Å². The van der Waals surface area contributed by atoms with Crippen molar-refractivity contribution in [1.29, 1.82) is 0 Å². The minimum Gasteiger partial charge on any atom is -0.508 e. The molecule has 28 heteroatoms. The maximum absolute atomic E-state index is 13.4. The molecule has 0 saturated carbocycles. The first-order valence-electron chi connectivity index (χ1n) is 26.9. The Morgan fingerprint density at radius 3 is 1.37 bits per heavy atom. The molecule has 2 rings (SSSR count). The number of nitrogens with zero attached hydrogens (tertiary/aromatic N) is 3. The fourth-order valence-electron chi connectivity index (χ4n) is 7.11. The molecule has 27 nitrogen and oxygen atoms in total. The first-order valence-corrected chi connectivity index (χ1v) is 26.9. The average Bonchev–Trinajstić information content (AvgIpc) is 3.42. The third-order valence-corrected chi connectivity index (χ3v) is 11.0. The van der Waals surface area contributed by atoms with E-state index < -0.39 is 74.6 Å². The topological polar surface area (TPSA) is 350 Å². The van der Waals surface area contributed by atoms with Gasteiger partial charge in [0.25, 0.3) is 0 Å². The summed E-state index contributed by atoms with van der Waals surface area (Å²) < 4.78 is 69.4. The number of carboxylic acids is 4. The van der Waals surface area contributed by atoms with Gasteiger partial charge in [0.05, 0.1) is 123 Å². The SMILES string of the molecule is Cc1cc(C(N)C(=O)OCCOCCCOc2c(OCCOCCOCCOC(C)(C)C)cc(COC(=O)CN(CCN(CCN(CC(=O)O)CC(=O)O)CC(=O)O)CC(=O)O)cc2OCCOCCOCCOC(C)(C)C)ccc1O.[Mn+3]. The normalized spacial score (nSPS) is 12.0. The molecule has 0 spiro atoms. The number of phenolic OH excluding ortho intramolecular Hbond substituents is 1. The zero-order valence-electron chi connectivity index (χ0n) is 48.9. The second-order valence-electron chi connectivity index (χ2n) is 20.4. The Morgan fingerprint density at radius 2 is 0.916 bits per heavy atom. The molecule has 0 fully saturated rings. The molecule has 1 unspecified atom stereocenters. The summed E-state index contributed by atoms with van der Waals surface area (Å²) in [6.45, 7) is 13.1. The summed E-state index contributed by atoms with van der Waals surface area (Å²) in [5.41, 5.74) is 6.92. The second-order valence-corrected chi connectivity index (χ2v) is 20.4. The summed E-state index contributed by atoms with van der Waals surface area (Å²) in [6, 6.07) is 6.71. The Labute approximate surface area is 496 Å². The Balaban J connectivity index is 0.0000344. The first-order chi connectivity index (χ1) is 38.8. The maximum atomic E-state index is 13.4. The number of carbonyl (C=O) groups excluding carboxylic acids is 2. The molecular formula is C55H88MnN4O23+3. The molecule has 0 aliphatic carbocycles. The smallest absolute Gasteiger partial charge is 0.508 e. The number of benzene rings is 2. The van der Waals surface area contributed by atoms with Crippen LogP contribution in [0.4, 0.5) is 0 Å². The molecule has 470 valence electrons. The maximum Gasteiger partial charge on any atom is 3.00 e. The summed E-state index contributed by atoms with van der Waals surface area (Å²) in [5, 5.41) is 47.5.